The summed E-state index contributed by atoms with van der Waals surface area (Å²) in [5, 5.41) is 9.63. The van der Waals surface area contributed by atoms with Crippen molar-refractivity contribution < 1.29 is 42.9 Å². The molecule has 0 radical (unpaired) electrons. The van der Waals surface area contributed by atoms with Crippen LogP contribution in [0.5, 0.6) is 0 Å². The summed E-state index contributed by atoms with van der Waals surface area (Å²) < 4.78 is 22.7. The molecule has 1 N–H and O–H groups in total. The number of hydrogen-bond acceptors (Lipinski definition) is 7. The van der Waals surface area contributed by atoms with Crippen LogP contribution in [-0.4, -0.2) is 87.4 Å². The summed E-state index contributed by atoms with van der Waals surface area (Å²) in [5.74, 6) is -2.00. The Labute approximate surface area is 345 Å². The van der Waals surface area contributed by atoms with Gasteiger partial charge in [0.05, 0.1) is 34.4 Å². The van der Waals surface area contributed by atoms with Gasteiger partial charge in [0.1, 0.15) is 13.2 Å². The highest BCUT2D eigenvalue weighted by Gasteiger charge is 2.25. The zero-order valence-electron chi connectivity index (χ0n) is 37.3. The molecule has 2 atom stereocenters. The number of unbranched alkanes of at least 4 members (excludes halogenated alkanes) is 26. The van der Waals surface area contributed by atoms with Gasteiger partial charge in [-0.25, -0.2) is 4.79 Å². The summed E-state index contributed by atoms with van der Waals surface area (Å²) in [5.41, 5.74) is 0. The molecule has 2 unspecified atom stereocenters. The van der Waals surface area contributed by atoms with E-state index in [9.17, 15) is 19.5 Å². The monoisotopic (exact) mass is 797 g/mol. The van der Waals surface area contributed by atoms with Crippen molar-refractivity contribution in [1.82, 2.24) is 0 Å². The third kappa shape index (κ3) is 40.2. The second-order valence-electron chi connectivity index (χ2n) is 17.1. The van der Waals surface area contributed by atoms with E-state index in [1.165, 1.54) is 135 Å². The molecule has 9 heteroatoms. The first-order valence-electron chi connectivity index (χ1n) is 23.4. The van der Waals surface area contributed by atoms with Gasteiger partial charge < -0.3 is 28.5 Å². The molecule has 0 bridgehead atoms. The SMILES string of the molecule is CCCCCCCCC/C=C\CCCCCCCCCC(=O)OC(COC(=O)CCCCCCCCCCCCCCC)COC(OCC[N+](C)(C)C)C(=O)O. The van der Waals surface area contributed by atoms with Gasteiger partial charge in [0, 0.05) is 12.8 Å². The summed E-state index contributed by atoms with van der Waals surface area (Å²) in [6, 6.07) is 0. The predicted molar refractivity (Wildman–Crippen MR) is 231 cm³/mol. The zero-order chi connectivity index (χ0) is 41.4. The van der Waals surface area contributed by atoms with Crippen molar-refractivity contribution in [3.05, 3.63) is 12.2 Å². The Balaban J connectivity index is 4.39. The van der Waals surface area contributed by atoms with E-state index in [4.69, 9.17) is 18.9 Å². The average Bonchev–Trinajstić information content (AvgIpc) is 3.15. The molecule has 330 valence electrons. The van der Waals surface area contributed by atoms with Gasteiger partial charge in [-0.3, -0.25) is 9.59 Å². The third-order valence-corrected chi connectivity index (χ3v) is 10.3. The highest BCUT2D eigenvalue weighted by Crippen LogP contribution is 2.15. The lowest BCUT2D eigenvalue weighted by atomic mass is 10.0. The van der Waals surface area contributed by atoms with Crippen molar-refractivity contribution in [2.24, 2.45) is 0 Å². The van der Waals surface area contributed by atoms with Gasteiger partial charge in [0.25, 0.3) is 6.29 Å². The molecule has 0 aromatic heterocycles. The molecule has 0 aromatic carbocycles. The summed E-state index contributed by atoms with van der Waals surface area (Å²) in [6.45, 7) is 4.88. The van der Waals surface area contributed by atoms with Crippen LogP contribution in [0, 0.1) is 0 Å². The van der Waals surface area contributed by atoms with Crippen molar-refractivity contribution in [2.75, 3.05) is 47.5 Å². The van der Waals surface area contributed by atoms with E-state index in [0.717, 1.165) is 51.4 Å². The van der Waals surface area contributed by atoms with E-state index >= 15 is 0 Å². The Morgan fingerprint density at radius 2 is 0.911 bits per heavy atom. The zero-order valence-corrected chi connectivity index (χ0v) is 37.3. The van der Waals surface area contributed by atoms with Crippen molar-refractivity contribution in [1.29, 1.82) is 0 Å². The first-order valence-corrected chi connectivity index (χ1v) is 23.4. The normalized spacial score (nSPS) is 12.9. The van der Waals surface area contributed by atoms with E-state index in [-0.39, 0.29) is 32.2 Å². The van der Waals surface area contributed by atoms with Gasteiger partial charge in [-0.15, -0.1) is 0 Å². The maximum Gasteiger partial charge on any atom is 0.361 e. The molecule has 0 heterocycles. The first-order chi connectivity index (χ1) is 27.1. The number of rotatable bonds is 43. The molecule has 0 amide bonds. The van der Waals surface area contributed by atoms with Crippen LogP contribution >= 0.6 is 0 Å². The van der Waals surface area contributed by atoms with Crippen molar-refractivity contribution in [2.45, 2.75) is 225 Å². The average molecular weight is 797 g/mol. The minimum absolute atomic E-state index is 0.178. The Morgan fingerprint density at radius 3 is 1.32 bits per heavy atom. The van der Waals surface area contributed by atoms with E-state index in [1.54, 1.807) is 0 Å². The molecule has 9 nitrogen and oxygen atoms in total. The third-order valence-electron chi connectivity index (χ3n) is 10.3. The van der Waals surface area contributed by atoms with Crippen molar-refractivity contribution in [3.8, 4) is 0 Å². The fourth-order valence-electron chi connectivity index (χ4n) is 6.60. The molecule has 0 aliphatic heterocycles. The highest BCUT2D eigenvalue weighted by molar-refractivity contribution is 5.71. The van der Waals surface area contributed by atoms with Crippen LogP contribution in [0.25, 0.3) is 0 Å². The van der Waals surface area contributed by atoms with Gasteiger partial charge >= 0.3 is 17.9 Å². The second-order valence-corrected chi connectivity index (χ2v) is 17.1. The number of quaternary nitrogens is 1. The lowest BCUT2D eigenvalue weighted by Crippen LogP contribution is -2.40. The Hall–Kier alpha value is -1.97. The smallest absolute Gasteiger partial charge is 0.361 e. The predicted octanol–water partition coefficient (Wildman–Crippen LogP) is 12.3. The van der Waals surface area contributed by atoms with E-state index in [0.29, 0.717) is 17.4 Å². The number of ether oxygens (including phenoxy) is 4. The fraction of sp³-hybridized carbons (Fsp3) is 0.894. The lowest BCUT2D eigenvalue weighted by Gasteiger charge is -2.25. The quantitative estimate of drug-likeness (QED) is 0.0214. The number of carboxylic acids is 1. The summed E-state index contributed by atoms with van der Waals surface area (Å²) in [6.07, 6.45) is 38.3. The topological polar surface area (TPSA) is 108 Å². The summed E-state index contributed by atoms with van der Waals surface area (Å²) >= 11 is 0. The molecule has 0 aromatic rings. The van der Waals surface area contributed by atoms with Gasteiger partial charge in [0.2, 0.25) is 0 Å². The van der Waals surface area contributed by atoms with Gasteiger partial charge in [-0.1, -0.05) is 174 Å². The lowest BCUT2D eigenvalue weighted by molar-refractivity contribution is -0.870. The van der Waals surface area contributed by atoms with Gasteiger partial charge in [-0.2, -0.15) is 0 Å². The molecular weight excluding hydrogens is 707 g/mol. The number of esters is 2. The first kappa shape index (κ1) is 54.0. The maximum absolute atomic E-state index is 12.8. The Bertz CT molecular complexity index is 934. The molecule has 56 heavy (non-hydrogen) atoms. The molecule has 0 saturated heterocycles. The van der Waals surface area contributed by atoms with Crippen LogP contribution in [0.1, 0.15) is 213 Å². The molecular formula is C47H90NO8+. The molecule has 0 saturated carbocycles. The second kappa shape index (κ2) is 39.8. The Kier molecular flexibility index (Phi) is 38.4. The number of hydrogen-bond donors (Lipinski definition) is 1. The summed E-state index contributed by atoms with van der Waals surface area (Å²) in [4.78, 5) is 37.1. The van der Waals surface area contributed by atoms with Crippen molar-refractivity contribution in [3.63, 3.8) is 0 Å². The van der Waals surface area contributed by atoms with E-state index in [2.05, 4.69) is 26.0 Å². The van der Waals surface area contributed by atoms with Gasteiger partial charge in [0.15, 0.2) is 6.10 Å². The highest BCUT2D eigenvalue weighted by atomic mass is 16.7. The van der Waals surface area contributed by atoms with Crippen LogP contribution in [0.15, 0.2) is 12.2 Å². The number of likely N-dealkylation sites (N-methyl/N-ethyl adjacent to an activating group) is 1. The Morgan fingerprint density at radius 1 is 0.518 bits per heavy atom. The molecule has 0 rings (SSSR count). The maximum atomic E-state index is 12.8. The van der Waals surface area contributed by atoms with E-state index in [1.807, 2.05) is 21.1 Å². The van der Waals surface area contributed by atoms with Crippen molar-refractivity contribution >= 4 is 17.9 Å². The number of aliphatic carboxylic acids is 1. The van der Waals surface area contributed by atoms with Crippen LogP contribution in [0.3, 0.4) is 0 Å². The van der Waals surface area contributed by atoms with Gasteiger partial charge in [-0.05, 0) is 38.5 Å². The standard InChI is InChI=1S/C47H89NO8/c1-6-8-10-12-14-16-18-20-21-22-23-24-26-28-30-32-34-36-38-45(50)56-43(42-55-47(46(51)52)53-40-39-48(3,4)5)41-54-44(49)37-35-33-31-29-27-25-19-17-15-13-11-9-7-2/h21-22,43,47H,6-20,23-42H2,1-5H3/p+1/b22-21-. The van der Waals surface area contributed by atoms with E-state index < -0.39 is 24.3 Å². The minimum atomic E-state index is -1.50. The number of nitrogens with zero attached hydrogens (tertiary/aromatic N) is 1. The summed E-state index contributed by atoms with van der Waals surface area (Å²) in [7, 11) is 5.96. The fourth-order valence-corrected chi connectivity index (χ4v) is 6.60. The molecule has 0 aliphatic carbocycles. The largest absolute Gasteiger partial charge is 0.477 e. The van der Waals surface area contributed by atoms with Crippen LogP contribution < -0.4 is 0 Å². The molecule has 0 aliphatic rings. The van der Waals surface area contributed by atoms with Crippen LogP contribution in [-0.2, 0) is 33.3 Å². The van der Waals surface area contributed by atoms with Crippen LogP contribution in [0.4, 0.5) is 0 Å². The van der Waals surface area contributed by atoms with Crippen LogP contribution in [0.2, 0.25) is 0 Å². The minimum Gasteiger partial charge on any atom is -0.477 e. The number of carbonyl (C=O) groups excluding carboxylic acids is 2. The number of carbonyl (C=O) groups is 3. The molecule has 0 fully saturated rings. The number of allylic oxidation sites excluding steroid dienone is 2. The molecule has 0 spiro atoms. The number of carboxylic acid groups (broad SMARTS) is 1.